The summed E-state index contributed by atoms with van der Waals surface area (Å²) in [4.78, 5) is 14.6. The monoisotopic (exact) mass is 345 g/mol. The summed E-state index contributed by atoms with van der Waals surface area (Å²) in [6.45, 7) is 5.62. The minimum Gasteiger partial charge on any atom is -0.324 e. The third-order valence-corrected chi connectivity index (χ3v) is 4.16. The van der Waals surface area contributed by atoms with Gasteiger partial charge in [-0.1, -0.05) is 30.7 Å². The highest BCUT2D eigenvalue weighted by Crippen LogP contribution is 2.20. The summed E-state index contributed by atoms with van der Waals surface area (Å²) >= 11 is 6.08. The van der Waals surface area contributed by atoms with Gasteiger partial charge in [-0.3, -0.25) is 9.69 Å². The fourth-order valence-corrected chi connectivity index (χ4v) is 2.97. The lowest BCUT2D eigenvalue weighted by atomic mass is 10.0. The lowest BCUT2D eigenvalue weighted by molar-refractivity contribution is -0.118. The second-order valence-electron chi connectivity index (χ2n) is 5.48. The number of para-hydroxylation sites is 1. The smallest absolute Gasteiger partial charge is 0.238 e. The Morgan fingerprint density at radius 1 is 1.36 bits per heavy atom. The van der Waals surface area contributed by atoms with Gasteiger partial charge in [0, 0.05) is 6.04 Å². The Hall–Kier alpha value is -0.810. The lowest BCUT2D eigenvalue weighted by Gasteiger charge is -2.34. The van der Waals surface area contributed by atoms with E-state index in [-0.39, 0.29) is 18.3 Å². The van der Waals surface area contributed by atoms with Crippen molar-refractivity contribution >= 4 is 35.6 Å². The molecule has 0 aromatic heterocycles. The highest BCUT2D eigenvalue weighted by molar-refractivity contribution is 6.33. The SMILES string of the molecule is CCCN(CC(=O)Nc1ccccc1Cl)C1CCNCC1.Cl. The molecule has 0 atom stereocenters. The normalized spacial score (nSPS) is 15.4. The van der Waals surface area contributed by atoms with Gasteiger partial charge in [0.15, 0.2) is 0 Å². The van der Waals surface area contributed by atoms with E-state index in [9.17, 15) is 4.79 Å². The second kappa shape index (κ2) is 10.1. The van der Waals surface area contributed by atoms with Crippen LogP contribution in [0.2, 0.25) is 5.02 Å². The number of hydrogen-bond donors (Lipinski definition) is 2. The van der Waals surface area contributed by atoms with Crippen molar-refractivity contribution in [1.29, 1.82) is 0 Å². The lowest BCUT2D eigenvalue weighted by Crippen LogP contribution is -2.46. The number of amides is 1. The molecule has 1 heterocycles. The van der Waals surface area contributed by atoms with Crippen LogP contribution < -0.4 is 10.6 Å². The first-order valence-corrected chi connectivity index (χ1v) is 8.07. The molecule has 1 amide bonds. The second-order valence-corrected chi connectivity index (χ2v) is 5.89. The molecule has 1 aliphatic rings. The summed E-state index contributed by atoms with van der Waals surface area (Å²) in [5.74, 6) is 0.00934. The summed E-state index contributed by atoms with van der Waals surface area (Å²) < 4.78 is 0. The van der Waals surface area contributed by atoms with Crippen molar-refractivity contribution in [2.75, 3.05) is 31.5 Å². The highest BCUT2D eigenvalue weighted by atomic mass is 35.5. The Morgan fingerprint density at radius 3 is 2.68 bits per heavy atom. The summed E-state index contributed by atoms with van der Waals surface area (Å²) in [6, 6.07) is 7.85. The average Bonchev–Trinajstić information content (AvgIpc) is 2.50. The molecule has 22 heavy (non-hydrogen) atoms. The molecule has 124 valence electrons. The van der Waals surface area contributed by atoms with E-state index < -0.39 is 0 Å². The molecule has 0 radical (unpaired) electrons. The van der Waals surface area contributed by atoms with Crippen LogP contribution in [0, 0.1) is 0 Å². The largest absolute Gasteiger partial charge is 0.324 e. The maximum Gasteiger partial charge on any atom is 0.238 e. The average molecular weight is 346 g/mol. The fourth-order valence-electron chi connectivity index (χ4n) is 2.79. The number of anilines is 1. The molecule has 2 N–H and O–H groups in total. The Labute approximate surface area is 144 Å². The van der Waals surface area contributed by atoms with E-state index in [1.165, 1.54) is 0 Å². The molecule has 1 aromatic rings. The van der Waals surface area contributed by atoms with Crippen molar-refractivity contribution in [3.63, 3.8) is 0 Å². The van der Waals surface area contributed by atoms with Crippen LogP contribution in [-0.4, -0.2) is 43.0 Å². The quantitative estimate of drug-likeness (QED) is 0.832. The number of halogens is 2. The predicted molar refractivity (Wildman–Crippen MR) is 95.1 cm³/mol. The van der Waals surface area contributed by atoms with E-state index in [0.29, 0.717) is 23.3 Å². The van der Waals surface area contributed by atoms with Gasteiger partial charge in [-0.15, -0.1) is 12.4 Å². The molecule has 6 heteroatoms. The minimum atomic E-state index is 0. The highest BCUT2D eigenvalue weighted by Gasteiger charge is 2.22. The first-order chi connectivity index (χ1) is 10.2. The Balaban J connectivity index is 0.00000242. The zero-order valence-corrected chi connectivity index (χ0v) is 14.6. The number of carbonyl (C=O) groups is 1. The minimum absolute atomic E-state index is 0. The van der Waals surface area contributed by atoms with E-state index in [0.717, 1.165) is 38.9 Å². The van der Waals surface area contributed by atoms with Gasteiger partial charge in [0.25, 0.3) is 0 Å². The van der Waals surface area contributed by atoms with Crippen molar-refractivity contribution in [2.24, 2.45) is 0 Å². The van der Waals surface area contributed by atoms with Crippen LogP contribution in [0.5, 0.6) is 0 Å². The van der Waals surface area contributed by atoms with Crippen LogP contribution >= 0.6 is 24.0 Å². The van der Waals surface area contributed by atoms with Gasteiger partial charge in [0.2, 0.25) is 5.91 Å². The molecule has 4 nitrogen and oxygen atoms in total. The van der Waals surface area contributed by atoms with Crippen molar-refractivity contribution in [3.05, 3.63) is 29.3 Å². The summed E-state index contributed by atoms with van der Waals surface area (Å²) in [5, 5.41) is 6.86. The van der Waals surface area contributed by atoms with Gasteiger partial charge in [-0.25, -0.2) is 0 Å². The van der Waals surface area contributed by atoms with Gasteiger partial charge in [0.1, 0.15) is 0 Å². The van der Waals surface area contributed by atoms with Crippen LogP contribution in [0.15, 0.2) is 24.3 Å². The maximum atomic E-state index is 12.3. The Morgan fingerprint density at radius 2 is 2.05 bits per heavy atom. The van der Waals surface area contributed by atoms with Crippen LogP contribution in [0.25, 0.3) is 0 Å². The van der Waals surface area contributed by atoms with E-state index in [1.54, 1.807) is 6.07 Å². The van der Waals surface area contributed by atoms with Crippen molar-refractivity contribution in [2.45, 2.75) is 32.2 Å². The van der Waals surface area contributed by atoms with Gasteiger partial charge in [-0.05, 0) is 51.0 Å². The molecule has 1 aliphatic heterocycles. The number of rotatable bonds is 6. The summed E-state index contributed by atoms with van der Waals surface area (Å²) in [7, 11) is 0. The summed E-state index contributed by atoms with van der Waals surface area (Å²) in [5.41, 5.74) is 0.686. The first kappa shape index (κ1) is 19.2. The van der Waals surface area contributed by atoms with E-state index >= 15 is 0 Å². The first-order valence-electron chi connectivity index (χ1n) is 7.70. The molecule has 0 aliphatic carbocycles. The maximum absolute atomic E-state index is 12.3. The Bertz CT molecular complexity index is 464. The molecule has 1 saturated heterocycles. The number of hydrogen-bond acceptors (Lipinski definition) is 3. The number of nitrogens with zero attached hydrogens (tertiary/aromatic N) is 1. The molecule has 0 unspecified atom stereocenters. The number of nitrogens with one attached hydrogen (secondary N) is 2. The summed E-state index contributed by atoms with van der Waals surface area (Å²) in [6.07, 6.45) is 3.28. The molecule has 0 spiro atoms. The third kappa shape index (κ3) is 5.76. The van der Waals surface area contributed by atoms with Crippen molar-refractivity contribution in [1.82, 2.24) is 10.2 Å². The molecule has 1 aromatic carbocycles. The van der Waals surface area contributed by atoms with Gasteiger partial charge in [0.05, 0.1) is 17.3 Å². The third-order valence-electron chi connectivity index (χ3n) is 3.83. The van der Waals surface area contributed by atoms with Crippen LogP contribution in [0.1, 0.15) is 26.2 Å². The molecule has 0 bridgehead atoms. The van der Waals surface area contributed by atoms with E-state index in [1.807, 2.05) is 18.2 Å². The molecular formula is C16H25Cl2N3O. The standard InChI is InChI=1S/C16H24ClN3O.ClH/c1-2-11-20(13-7-9-18-10-8-13)12-16(21)19-15-6-4-3-5-14(15)17;/h3-6,13,18H,2,7-12H2,1H3,(H,19,21);1H. The zero-order valence-electron chi connectivity index (χ0n) is 13.0. The molecule has 0 saturated carbocycles. The zero-order chi connectivity index (χ0) is 15.1. The van der Waals surface area contributed by atoms with E-state index in [2.05, 4.69) is 22.5 Å². The predicted octanol–water partition coefficient (Wildman–Crippen LogP) is 3.16. The van der Waals surface area contributed by atoms with Crippen LogP contribution in [0.3, 0.4) is 0 Å². The topological polar surface area (TPSA) is 44.4 Å². The van der Waals surface area contributed by atoms with Crippen LogP contribution in [0.4, 0.5) is 5.69 Å². The van der Waals surface area contributed by atoms with Gasteiger partial charge < -0.3 is 10.6 Å². The number of piperidine rings is 1. The van der Waals surface area contributed by atoms with Gasteiger partial charge in [-0.2, -0.15) is 0 Å². The van der Waals surface area contributed by atoms with Crippen molar-refractivity contribution < 1.29 is 4.79 Å². The molecular weight excluding hydrogens is 321 g/mol. The van der Waals surface area contributed by atoms with Crippen LogP contribution in [-0.2, 0) is 4.79 Å². The van der Waals surface area contributed by atoms with Gasteiger partial charge >= 0.3 is 0 Å². The van der Waals surface area contributed by atoms with E-state index in [4.69, 9.17) is 11.6 Å². The van der Waals surface area contributed by atoms with Crippen molar-refractivity contribution in [3.8, 4) is 0 Å². The number of benzene rings is 1. The fraction of sp³-hybridized carbons (Fsp3) is 0.562. The molecule has 1 fully saturated rings. The number of carbonyl (C=O) groups excluding carboxylic acids is 1. The molecule has 2 rings (SSSR count). The Kier molecular flexibility index (Phi) is 8.79.